The number of hydrogen-bond acceptors (Lipinski definition) is 3. The molecular weight excluding hydrogens is 731 g/mol. The summed E-state index contributed by atoms with van der Waals surface area (Å²) < 4.78 is 4.72. The number of fused-ring (bicyclic) bond motifs is 10. The van der Waals surface area contributed by atoms with E-state index in [2.05, 4.69) is 182 Å². The van der Waals surface area contributed by atoms with Crippen molar-refractivity contribution in [3.8, 4) is 34.4 Å². The highest BCUT2D eigenvalue weighted by Gasteiger charge is 2.38. The van der Waals surface area contributed by atoms with Crippen LogP contribution in [-0.4, -0.2) is 24.1 Å². The van der Waals surface area contributed by atoms with Crippen molar-refractivity contribution in [2.75, 3.05) is 0 Å². The van der Waals surface area contributed by atoms with E-state index in [1.54, 1.807) is 0 Å². The minimum Gasteiger partial charge on any atom is -0.309 e. The van der Waals surface area contributed by atoms with E-state index in [4.69, 9.17) is 15.0 Å². The zero-order chi connectivity index (χ0) is 40.3. The lowest BCUT2D eigenvalue weighted by molar-refractivity contribution is 0.332. The topological polar surface area (TPSA) is 48.5 Å². The molecule has 0 N–H and O–H groups in total. The normalized spacial score (nSPS) is 14.8. The van der Waals surface area contributed by atoms with Crippen molar-refractivity contribution in [1.82, 2.24) is 24.1 Å². The molecule has 3 aromatic heterocycles. The summed E-state index contributed by atoms with van der Waals surface area (Å²) in [6.45, 7) is 9.67. The second-order valence-corrected chi connectivity index (χ2v) is 18.0. The molecule has 0 fully saturated rings. The van der Waals surface area contributed by atoms with Gasteiger partial charge in [0.2, 0.25) is 5.95 Å². The zero-order valence-corrected chi connectivity index (χ0v) is 34.2. The SMILES string of the molecule is CC1(C)CCC(C)(C)c2cc3c(cc21)c1cc2c4ccccc4n(-c4nc(-c5ccccc5)nc(-c5ccc6c(ccc7ccccc76)c5)n4)c2cc1n3-c1ccccc1. The second-order valence-electron chi connectivity index (χ2n) is 18.0. The summed E-state index contributed by atoms with van der Waals surface area (Å²) in [7, 11) is 0. The van der Waals surface area contributed by atoms with Crippen molar-refractivity contribution >= 4 is 65.2 Å². The Bertz CT molecular complexity index is 3540. The maximum absolute atomic E-state index is 5.36. The van der Waals surface area contributed by atoms with Gasteiger partial charge in [0.1, 0.15) is 0 Å². The smallest absolute Gasteiger partial charge is 0.238 e. The lowest BCUT2D eigenvalue weighted by Crippen LogP contribution is -2.33. The first-order valence-corrected chi connectivity index (χ1v) is 21.1. The molecule has 1 aliphatic rings. The summed E-state index contributed by atoms with van der Waals surface area (Å²) in [5.74, 6) is 1.86. The van der Waals surface area contributed by atoms with Gasteiger partial charge in [0, 0.05) is 38.4 Å². The summed E-state index contributed by atoms with van der Waals surface area (Å²) in [5, 5.41) is 9.69. The maximum atomic E-state index is 5.36. The molecule has 0 atom stereocenters. The molecular formula is C55H43N5. The van der Waals surface area contributed by atoms with E-state index in [-0.39, 0.29) is 10.8 Å². The van der Waals surface area contributed by atoms with Crippen LogP contribution in [0.3, 0.4) is 0 Å². The van der Waals surface area contributed by atoms with Gasteiger partial charge in [-0.3, -0.25) is 4.57 Å². The quantitative estimate of drug-likeness (QED) is 0.167. The van der Waals surface area contributed by atoms with Crippen LogP contribution in [0.5, 0.6) is 0 Å². The Kier molecular flexibility index (Phi) is 7.38. The van der Waals surface area contributed by atoms with Gasteiger partial charge in [0.05, 0.1) is 22.1 Å². The largest absolute Gasteiger partial charge is 0.309 e. The third kappa shape index (κ3) is 5.21. The highest BCUT2D eigenvalue weighted by Crippen LogP contribution is 2.49. The minimum atomic E-state index is 0.0835. The van der Waals surface area contributed by atoms with Crippen LogP contribution in [0.1, 0.15) is 51.7 Å². The highest BCUT2D eigenvalue weighted by atomic mass is 15.2. The summed E-state index contributed by atoms with van der Waals surface area (Å²) in [5.41, 5.74) is 10.6. The molecule has 5 heteroatoms. The van der Waals surface area contributed by atoms with Crippen molar-refractivity contribution in [2.24, 2.45) is 0 Å². The molecule has 5 nitrogen and oxygen atoms in total. The average Bonchev–Trinajstić information content (AvgIpc) is 3.78. The number of nitrogens with zero attached hydrogens (tertiary/aromatic N) is 5. The number of aromatic nitrogens is 5. The van der Waals surface area contributed by atoms with E-state index >= 15 is 0 Å². The predicted molar refractivity (Wildman–Crippen MR) is 250 cm³/mol. The molecule has 12 rings (SSSR count). The molecule has 0 saturated carbocycles. The van der Waals surface area contributed by atoms with Crippen LogP contribution < -0.4 is 0 Å². The first-order valence-electron chi connectivity index (χ1n) is 21.1. The van der Waals surface area contributed by atoms with Crippen LogP contribution in [0, 0.1) is 0 Å². The Hall–Kier alpha value is -7.11. The third-order valence-corrected chi connectivity index (χ3v) is 13.4. The fourth-order valence-electron chi connectivity index (χ4n) is 10.1. The molecule has 8 aromatic carbocycles. The van der Waals surface area contributed by atoms with Gasteiger partial charge in [-0.1, -0.05) is 143 Å². The Morgan fingerprint density at radius 1 is 0.383 bits per heavy atom. The Morgan fingerprint density at radius 3 is 1.73 bits per heavy atom. The third-order valence-electron chi connectivity index (χ3n) is 13.4. The van der Waals surface area contributed by atoms with Crippen molar-refractivity contribution in [3.05, 3.63) is 175 Å². The van der Waals surface area contributed by atoms with Crippen molar-refractivity contribution in [3.63, 3.8) is 0 Å². The second kappa shape index (κ2) is 12.7. The van der Waals surface area contributed by atoms with E-state index in [0.29, 0.717) is 17.6 Å². The van der Waals surface area contributed by atoms with Crippen LogP contribution >= 0.6 is 0 Å². The van der Waals surface area contributed by atoms with Crippen molar-refractivity contribution in [1.29, 1.82) is 0 Å². The van der Waals surface area contributed by atoms with Gasteiger partial charge in [-0.2, -0.15) is 9.97 Å². The van der Waals surface area contributed by atoms with E-state index in [1.165, 1.54) is 61.8 Å². The monoisotopic (exact) mass is 773 g/mol. The van der Waals surface area contributed by atoms with Gasteiger partial charge < -0.3 is 4.57 Å². The van der Waals surface area contributed by atoms with Crippen LogP contribution in [0.4, 0.5) is 0 Å². The van der Waals surface area contributed by atoms with Gasteiger partial charge in [-0.25, -0.2) is 4.98 Å². The van der Waals surface area contributed by atoms with Gasteiger partial charge in [0.15, 0.2) is 11.6 Å². The fourth-order valence-corrected chi connectivity index (χ4v) is 10.1. The van der Waals surface area contributed by atoms with E-state index in [0.717, 1.165) is 44.1 Å². The van der Waals surface area contributed by atoms with Crippen LogP contribution in [0.15, 0.2) is 164 Å². The standard InChI is InChI=1S/C55H43N5/c1-54(2)27-28-55(3,4)46-32-48-44(31-45(46)54)43-30-42-41-21-13-14-22-47(41)60(50(42)33-49(43)59(48)38-18-9-6-10-19-38)53-57-51(35-16-7-5-8-17-35)56-52(58-53)37-25-26-40-36(29-37)24-23-34-15-11-12-20-39(34)40/h5-26,29-33H,27-28H2,1-4H3. The fraction of sp³-hybridized carbons (Fsp3) is 0.145. The van der Waals surface area contributed by atoms with Gasteiger partial charge in [0.25, 0.3) is 0 Å². The average molecular weight is 774 g/mol. The lowest BCUT2D eigenvalue weighted by atomic mass is 9.63. The van der Waals surface area contributed by atoms with E-state index < -0.39 is 0 Å². The number of para-hydroxylation sites is 2. The van der Waals surface area contributed by atoms with Gasteiger partial charge in [-0.05, 0) is 105 Å². The summed E-state index contributed by atoms with van der Waals surface area (Å²) in [6, 6.07) is 59.1. The Morgan fingerprint density at radius 2 is 0.950 bits per heavy atom. The lowest BCUT2D eigenvalue weighted by Gasteiger charge is -2.42. The Labute approximate surface area is 348 Å². The van der Waals surface area contributed by atoms with Gasteiger partial charge in [-0.15, -0.1) is 0 Å². The molecule has 0 unspecified atom stereocenters. The zero-order valence-electron chi connectivity index (χ0n) is 34.2. The molecule has 0 aliphatic heterocycles. The van der Waals surface area contributed by atoms with Crippen LogP contribution in [0.2, 0.25) is 0 Å². The molecule has 0 amide bonds. The summed E-state index contributed by atoms with van der Waals surface area (Å²) in [4.78, 5) is 15.8. The van der Waals surface area contributed by atoms with Gasteiger partial charge >= 0.3 is 0 Å². The first-order chi connectivity index (χ1) is 29.2. The highest BCUT2D eigenvalue weighted by molar-refractivity contribution is 6.19. The molecule has 11 aromatic rings. The van der Waals surface area contributed by atoms with Crippen LogP contribution in [-0.2, 0) is 10.8 Å². The number of rotatable bonds is 4. The van der Waals surface area contributed by atoms with E-state index in [1.807, 2.05) is 18.2 Å². The molecule has 288 valence electrons. The Balaban J connectivity index is 1.16. The van der Waals surface area contributed by atoms with Crippen LogP contribution in [0.25, 0.3) is 99.6 Å². The molecule has 3 heterocycles. The molecule has 60 heavy (non-hydrogen) atoms. The molecule has 0 saturated heterocycles. The molecule has 0 bridgehead atoms. The number of benzene rings is 8. The van der Waals surface area contributed by atoms with E-state index in [9.17, 15) is 0 Å². The molecule has 0 radical (unpaired) electrons. The maximum Gasteiger partial charge on any atom is 0.238 e. The molecule has 0 spiro atoms. The summed E-state index contributed by atoms with van der Waals surface area (Å²) >= 11 is 0. The minimum absolute atomic E-state index is 0.0835. The molecule has 1 aliphatic carbocycles. The predicted octanol–water partition coefficient (Wildman–Crippen LogP) is 14.1. The van der Waals surface area contributed by atoms with Crippen molar-refractivity contribution in [2.45, 2.75) is 51.4 Å². The summed E-state index contributed by atoms with van der Waals surface area (Å²) in [6.07, 6.45) is 2.34. The van der Waals surface area contributed by atoms with Crippen molar-refractivity contribution < 1.29 is 0 Å². The number of hydrogen-bond donors (Lipinski definition) is 0. The first kappa shape index (κ1) is 34.9.